The highest BCUT2D eigenvalue weighted by molar-refractivity contribution is 5.83. The van der Waals surface area contributed by atoms with Gasteiger partial charge in [-0.05, 0) is 29.5 Å². The van der Waals surface area contributed by atoms with Crippen molar-refractivity contribution in [1.29, 1.82) is 0 Å². The number of fused-ring (bicyclic) bond motifs is 1. The van der Waals surface area contributed by atoms with Gasteiger partial charge in [-0.3, -0.25) is 0 Å². The molecule has 0 aliphatic heterocycles. The molecule has 0 spiro atoms. The normalized spacial score (nSPS) is 13.1. The quantitative estimate of drug-likeness (QED) is 0.821. The lowest BCUT2D eigenvalue weighted by atomic mass is 10.1. The van der Waals surface area contributed by atoms with E-state index in [1.165, 1.54) is 16.5 Å². The summed E-state index contributed by atoms with van der Waals surface area (Å²) < 4.78 is 2.25. The van der Waals surface area contributed by atoms with Crippen molar-refractivity contribution >= 4 is 10.9 Å². The van der Waals surface area contributed by atoms with Gasteiger partial charge in [-0.25, -0.2) is 0 Å². The minimum absolute atomic E-state index is 0.231. The summed E-state index contributed by atoms with van der Waals surface area (Å²) in [5.41, 5.74) is 2.61. The Kier molecular flexibility index (Phi) is 4.39. The summed E-state index contributed by atoms with van der Waals surface area (Å²) in [5.74, 6) is 0.285. The smallest absolute Gasteiger partial charge is 0.0525 e. The maximum absolute atomic E-state index is 9.19. The Bertz CT molecular complexity index is 504. The fourth-order valence-electron chi connectivity index (χ4n) is 2.29. The first-order valence-electron chi connectivity index (χ1n) is 6.64. The third-order valence-electron chi connectivity index (χ3n) is 3.26. The van der Waals surface area contributed by atoms with Gasteiger partial charge in [-0.2, -0.15) is 0 Å². The molecule has 1 heterocycles. The number of aliphatic hydroxyl groups is 1. The van der Waals surface area contributed by atoms with E-state index >= 15 is 0 Å². The molecule has 3 heteroatoms. The fourth-order valence-corrected chi connectivity index (χ4v) is 2.29. The molecule has 0 saturated carbocycles. The second-order valence-corrected chi connectivity index (χ2v) is 4.89. The lowest BCUT2D eigenvalue weighted by molar-refractivity contribution is 0.224. The SMILES string of the molecule is CCNCc1cccc2ccn(CC(C)CO)c12. The van der Waals surface area contributed by atoms with Crippen molar-refractivity contribution in [3.63, 3.8) is 0 Å². The Morgan fingerprint density at radius 3 is 2.89 bits per heavy atom. The first-order chi connectivity index (χ1) is 8.76. The molecule has 18 heavy (non-hydrogen) atoms. The molecular weight excluding hydrogens is 224 g/mol. The lowest BCUT2D eigenvalue weighted by Crippen LogP contribution is -2.14. The number of hydrogen-bond donors (Lipinski definition) is 2. The molecule has 1 aromatic carbocycles. The molecule has 0 amide bonds. The van der Waals surface area contributed by atoms with Crippen molar-refractivity contribution in [3.8, 4) is 0 Å². The summed E-state index contributed by atoms with van der Waals surface area (Å²) in [6, 6.07) is 8.57. The predicted octanol–water partition coefficient (Wildman–Crippen LogP) is 2.38. The van der Waals surface area contributed by atoms with Crippen LogP contribution in [0, 0.1) is 5.92 Å². The van der Waals surface area contributed by atoms with Crippen LogP contribution in [0.25, 0.3) is 10.9 Å². The third kappa shape index (κ3) is 2.74. The van der Waals surface area contributed by atoms with Crippen LogP contribution in [0.15, 0.2) is 30.5 Å². The number of hydrogen-bond acceptors (Lipinski definition) is 2. The number of para-hydroxylation sites is 1. The second kappa shape index (κ2) is 6.03. The largest absolute Gasteiger partial charge is 0.396 e. The van der Waals surface area contributed by atoms with Crippen LogP contribution in [0.4, 0.5) is 0 Å². The van der Waals surface area contributed by atoms with Crippen LogP contribution in [-0.4, -0.2) is 22.8 Å². The van der Waals surface area contributed by atoms with Crippen molar-refractivity contribution in [2.45, 2.75) is 26.9 Å². The summed E-state index contributed by atoms with van der Waals surface area (Å²) in [6.07, 6.45) is 2.12. The zero-order valence-electron chi connectivity index (χ0n) is 11.2. The molecule has 1 unspecified atom stereocenters. The number of nitrogens with zero attached hydrogens (tertiary/aromatic N) is 1. The number of aromatic nitrogens is 1. The average Bonchev–Trinajstić information content (AvgIpc) is 2.80. The molecule has 1 aromatic heterocycles. The van der Waals surface area contributed by atoms with Crippen molar-refractivity contribution in [3.05, 3.63) is 36.0 Å². The summed E-state index contributed by atoms with van der Waals surface area (Å²) in [5, 5.41) is 13.8. The molecule has 2 aromatic rings. The van der Waals surface area contributed by atoms with E-state index < -0.39 is 0 Å². The van der Waals surface area contributed by atoms with Crippen LogP contribution in [-0.2, 0) is 13.1 Å². The minimum atomic E-state index is 0.231. The van der Waals surface area contributed by atoms with E-state index in [2.05, 4.69) is 54.2 Å². The highest BCUT2D eigenvalue weighted by Gasteiger charge is 2.08. The van der Waals surface area contributed by atoms with Gasteiger partial charge in [0.05, 0.1) is 5.52 Å². The molecular formula is C15H22N2O. The van der Waals surface area contributed by atoms with E-state index in [0.717, 1.165) is 19.6 Å². The van der Waals surface area contributed by atoms with Gasteiger partial charge in [0.15, 0.2) is 0 Å². The van der Waals surface area contributed by atoms with E-state index in [1.54, 1.807) is 0 Å². The molecule has 3 nitrogen and oxygen atoms in total. The van der Waals surface area contributed by atoms with Gasteiger partial charge in [-0.15, -0.1) is 0 Å². The molecule has 0 bridgehead atoms. The van der Waals surface area contributed by atoms with Gasteiger partial charge in [0.25, 0.3) is 0 Å². The molecule has 0 saturated heterocycles. The topological polar surface area (TPSA) is 37.2 Å². The zero-order chi connectivity index (χ0) is 13.0. The molecule has 98 valence electrons. The summed E-state index contributed by atoms with van der Waals surface area (Å²) in [4.78, 5) is 0. The summed E-state index contributed by atoms with van der Waals surface area (Å²) in [7, 11) is 0. The average molecular weight is 246 g/mol. The highest BCUT2D eigenvalue weighted by Crippen LogP contribution is 2.21. The van der Waals surface area contributed by atoms with Crippen LogP contribution in [0.5, 0.6) is 0 Å². The maximum Gasteiger partial charge on any atom is 0.0525 e. The van der Waals surface area contributed by atoms with Crippen molar-refractivity contribution in [2.75, 3.05) is 13.2 Å². The fraction of sp³-hybridized carbons (Fsp3) is 0.467. The van der Waals surface area contributed by atoms with Crippen LogP contribution >= 0.6 is 0 Å². The second-order valence-electron chi connectivity index (χ2n) is 4.89. The third-order valence-corrected chi connectivity index (χ3v) is 3.26. The number of rotatable bonds is 6. The van der Waals surface area contributed by atoms with Crippen molar-refractivity contribution in [1.82, 2.24) is 9.88 Å². The molecule has 2 N–H and O–H groups in total. The number of benzene rings is 1. The van der Waals surface area contributed by atoms with E-state index in [1.807, 2.05) is 0 Å². The standard InChI is InChI=1S/C15H22N2O/c1-3-16-9-14-6-4-5-13-7-8-17(15(13)14)10-12(2)11-18/h4-8,12,16,18H,3,9-11H2,1-2H3. The van der Waals surface area contributed by atoms with Crippen LogP contribution < -0.4 is 5.32 Å². The molecule has 1 atom stereocenters. The Morgan fingerprint density at radius 1 is 1.33 bits per heavy atom. The Labute approximate surface area is 108 Å². The number of aliphatic hydroxyl groups excluding tert-OH is 1. The van der Waals surface area contributed by atoms with Crippen LogP contribution in [0.1, 0.15) is 19.4 Å². The van der Waals surface area contributed by atoms with E-state index in [0.29, 0.717) is 0 Å². The Balaban J connectivity index is 2.35. The molecule has 0 aliphatic rings. The molecule has 0 fully saturated rings. The maximum atomic E-state index is 9.19. The van der Waals surface area contributed by atoms with Crippen molar-refractivity contribution in [2.24, 2.45) is 5.92 Å². The van der Waals surface area contributed by atoms with Gasteiger partial charge in [0, 0.05) is 25.9 Å². The van der Waals surface area contributed by atoms with Gasteiger partial charge >= 0.3 is 0 Å². The van der Waals surface area contributed by atoms with Crippen molar-refractivity contribution < 1.29 is 5.11 Å². The molecule has 2 rings (SSSR count). The first kappa shape index (κ1) is 13.1. The zero-order valence-corrected chi connectivity index (χ0v) is 11.2. The molecule has 0 aliphatic carbocycles. The summed E-state index contributed by atoms with van der Waals surface area (Å²) >= 11 is 0. The molecule has 0 radical (unpaired) electrons. The minimum Gasteiger partial charge on any atom is -0.396 e. The van der Waals surface area contributed by atoms with Gasteiger partial charge in [0.2, 0.25) is 0 Å². The van der Waals surface area contributed by atoms with E-state index in [4.69, 9.17) is 0 Å². The lowest BCUT2D eigenvalue weighted by Gasteiger charge is -2.13. The van der Waals surface area contributed by atoms with Gasteiger partial charge < -0.3 is 15.0 Å². The van der Waals surface area contributed by atoms with Gasteiger partial charge in [-0.1, -0.05) is 32.0 Å². The predicted molar refractivity (Wildman–Crippen MR) is 75.6 cm³/mol. The van der Waals surface area contributed by atoms with Crippen LogP contribution in [0.3, 0.4) is 0 Å². The summed E-state index contributed by atoms with van der Waals surface area (Å²) in [6.45, 7) is 7.15. The Morgan fingerprint density at radius 2 is 2.17 bits per heavy atom. The first-order valence-corrected chi connectivity index (χ1v) is 6.64. The van der Waals surface area contributed by atoms with Crippen LogP contribution in [0.2, 0.25) is 0 Å². The van der Waals surface area contributed by atoms with Gasteiger partial charge in [0.1, 0.15) is 0 Å². The van der Waals surface area contributed by atoms with E-state index in [-0.39, 0.29) is 12.5 Å². The highest BCUT2D eigenvalue weighted by atomic mass is 16.3. The van der Waals surface area contributed by atoms with E-state index in [9.17, 15) is 5.11 Å². The number of nitrogens with one attached hydrogen (secondary N) is 1. The monoisotopic (exact) mass is 246 g/mol. The Hall–Kier alpha value is -1.32.